The van der Waals surface area contributed by atoms with Crippen LogP contribution in [0.2, 0.25) is 0 Å². The molecule has 2 N–H and O–H groups in total. The number of carbonyl (C=O) groups excluding carboxylic acids is 1. The van der Waals surface area contributed by atoms with Crippen molar-refractivity contribution in [3.63, 3.8) is 0 Å². The van der Waals surface area contributed by atoms with Crippen molar-refractivity contribution in [2.75, 3.05) is 29.0 Å². The van der Waals surface area contributed by atoms with E-state index >= 15 is 0 Å². The molecular formula is C20H26F3N5O7S2. The molecule has 1 aromatic heterocycles. The number of ether oxygens (including phenoxy) is 2. The van der Waals surface area contributed by atoms with E-state index in [0.29, 0.717) is 19.5 Å². The maximum absolute atomic E-state index is 13.6. The first-order valence-electron chi connectivity index (χ1n) is 10.7. The van der Waals surface area contributed by atoms with Crippen LogP contribution in [0.1, 0.15) is 19.5 Å². The van der Waals surface area contributed by atoms with Gasteiger partial charge in [0.2, 0.25) is 15.6 Å². The Morgan fingerprint density at radius 3 is 2.43 bits per heavy atom. The Bertz CT molecular complexity index is 1410. The lowest BCUT2D eigenvalue weighted by Crippen LogP contribution is -2.48. The van der Waals surface area contributed by atoms with Gasteiger partial charge in [0.05, 0.1) is 30.4 Å². The summed E-state index contributed by atoms with van der Waals surface area (Å²) < 4.78 is 104. The van der Waals surface area contributed by atoms with E-state index in [4.69, 9.17) is 4.74 Å². The summed E-state index contributed by atoms with van der Waals surface area (Å²) in [5.74, 6) is 0.0335. The van der Waals surface area contributed by atoms with Crippen molar-refractivity contribution in [3.05, 3.63) is 30.1 Å². The highest BCUT2D eigenvalue weighted by atomic mass is 32.2. The molecule has 0 bridgehead atoms. The fraction of sp³-hybridized carbons (Fsp3) is 0.500. The minimum absolute atomic E-state index is 0.0335. The molecule has 1 amide bonds. The first-order valence-corrected chi connectivity index (χ1v) is 14.0. The Morgan fingerprint density at radius 1 is 1.24 bits per heavy atom. The minimum atomic E-state index is -4.82. The number of hydrogen-bond acceptors (Lipinski definition) is 8. The zero-order valence-electron chi connectivity index (χ0n) is 20.5. The topological polar surface area (TPSA) is 149 Å². The summed E-state index contributed by atoms with van der Waals surface area (Å²) in [5.41, 5.74) is -2.56. The summed E-state index contributed by atoms with van der Waals surface area (Å²) in [7, 11) is -6.32. The highest BCUT2D eigenvalue weighted by Crippen LogP contribution is 2.40. The molecule has 0 radical (unpaired) electrons. The zero-order valence-corrected chi connectivity index (χ0v) is 22.1. The Morgan fingerprint density at radius 2 is 1.89 bits per heavy atom. The van der Waals surface area contributed by atoms with Crippen LogP contribution in [0, 0.1) is 6.92 Å². The van der Waals surface area contributed by atoms with Crippen molar-refractivity contribution < 1.29 is 44.3 Å². The van der Waals surface area contributed by atoms with Crippen LogP contribution in [-0.2, 0) is 31.8 Å². The van der Waals surface area contributed by atoms with Gasteiger partial charge in [-0.05, 0) is 39.0 Å². The standard InChI is InChI=1S/C20H26F3N5O7S2/c1-12-17(10-24-27(12)4)37(32,33)28-11-14(9-25-36(5,30)31)34-16-7-6-13(8-15(16)28)26-18(29)35-19(2,3)20(21,22)23/h6-8,10,14,25H,9,11H2,1-5H3,(H,26,29)/t14-/m0/s1. The molecule has 2 heterocycles. The number of carbonyl (C=O) groups is 1. The van der Waals surface area contributed by atoms with Crippen LogP contribution < -0.4 is 19.1 Å². The van der Waals surface area contributed by atoms with E-state index in [9.17, 15) is 34.8 Å². The number of aromatic nitrogens is 2. The fourth-order valence-electron chi connectivity index (χ4n) is 3.25. The number of nitrogens with one attached hydrogen (secondary N) is 2. The maximum Gasteiger partial charge on any atom is 0.427 e. The van der Waals surface area contributed by atoms with Gasteiger partial charge in [-0.25, -0.2) is 26.4 Å². The molecular weight excluding hydrogens is 543 g/mol. The normalized spacial score (nSPS) is 16.6. The van der Waals surface area contributed by atoms with Crippen LogP contribution in [-0.4, -0.2) is 69.9 Å². The van der Waals surface area contributed by atoms with Crippen LogP contribution in [0.15, 0.2) is 29.3 Å². The largest absolute Gasteiger partial charge is 0.485 e. The van der Waals surface area contributed by atoms with Crippen molar-refractivity contribution in [1.82, 2.24) is 14.5 Å². The molecule has 0 saturated carbocycles. The second-order valence-electron chi connectivity index (χ2n) is 8.82. The number of nitrogens with zero attached hydrogens (tertiary/aromatic N) is 3. The first-order chi connectivity index (χ1) is 16.8. The number of alkyl halides is 3. The van der Waals surface area contributed by atoms with E-state index < -0.39 is 44.0 Å². The van der Waals surface area contributed by atoms with E-state index in [-0.39, 0.29) is 35.1 Å². The summed E-state index contributed by atoms with van der Waals surface area (Å²) in [6.07, 6.45) is -5.07. The van der Waals surface area contributed by atoms with Crippen LogP contribution in [0.25, 0.3) is 0 Å². The molecule has 0 unspecified atom stereocenters. The Kier molecular flexibility index (Phi) is 7.46. The molecule has 12 nitrogen and oxygen atoms in total. The SMILES string of the molecule is Cc1c(S(=O)(=O)N2C[C@H](CNS(C)(=O)=O)Oc3ccc(NC(=O)OC(C)(C)C(F)(F)F)cc32)cnn1C. The third kappa shape index (κ3) is 6.27. The van der Waals surface area contributed by atoms with Crippen LogP contribution >= 0.6 is 0 Å². The Hall–Kier alpha value is -3.05. The van der Waals surface area contributed by atoms with Gasteiger partial charge >= 0.3 is 12.3 Å². The lowest BCUT2D eigenvalue weighted by Gasteiger charge is -2.35. The van der Waals surface area contributed by atoms with Crippen molar-refractivity contribution in [3.8, 4) is 5.75 Å². The summed E-state index contributed by atoms with van der Waals surface area (Å²) in [4.78, 5) is 12.0. The second kappa shape index (κ2) is 9.68. The number of anilines is 2. The monoisotopic (exact) mass is 569 g/mol. The number of sulfonamides is 2. The first kappa shape index (κ1) is 28.5. The molecule has 1 atom stereocenters. The van der Waals surface area contributed by atoms with E-state index in [1.165, 1.54) is 22.9 Å². The van der Waals surface area contributed by atoms with E-state index in [0.717, 1.165) is 16.8 Å². The molecule has 0 saturated heterocycles. The van der Waals surface area contributed by atoms with Gasteiger partial charge in [-0.3, -0.25) is 14.3 Å². The molecule has 1 aliphatic rings. The number of amides is 1. The summed E-state index contributed by atoms with van der Waals surface area (Å²) in [6, 6.07) is 3.76. The van der Waals surface area contributed by atoms with Crippen molar-refractivity contribution in [1.29, 1.82) is 0 Å². The van der Waals surface area contributed by atoms with Gasteiger partial charge in [-0.15, -0.1) is 0 Å². The van der Waals surface area contributed by atoms with E-state index in [2.05, 4.69) is 19.9 Å². The van der Waals surface area contributed by atoms with Gasteiger partial charge in [0.1, 0.15) is 16.7 Å². The molecule has 3 rings (SSSR count). The maximum atomic E-state index is 13.6. The number of benzene rings is 1. The third-order valence-corrected chi connectivity index (χ3v) is 8.07. The lowest BCUT2D eigenvalue weighted by atomic mass is 10.1. The van der Waals surface area contributed by atoms with Gasteiger partial charge in [0.15, 0.2) is 0 Å². The molecule has 1 aliphatic heterocycles. The average Bonchev–Trinajstić information content (AvgIpc) is 3.09. The molecule has 0 fully saturated rings. The number of fused-ring (bicyclic) bond motifs is 1. The quantitative estimate of drug-likeness (QED) is 0.515. The highest BCUT2D eigenvalue weighted by molar-refractivity contribution is 7.93. The number of aryl methyl sites for hydroxylation is 1. The molecule has 2 aromatic rings. The van der Waals surface area contributed by atoms with E-state index in [1.54, 1.807) is 14.0 Å². The lowest BCUT2D eigenvalue weighted by molar-refractivity contribution is -0.242. The van der Waals surface area contributed by atoms with Gasteiger partial charge in [0, 0.05) is 19.3 Å². The Balaban J connectivity index is 1.98. The van der Waals surface area contributed by atoms with Gasteiger partial charge < -0.3 is 9.47 Å². The summed E-state index contributed by atoms with van der Waals surface area (Å²) in [5, 5.41) is 6.11. The van der Waals surface area contributed by atoms with Gasteiger partial charge in [-0.1, -0.05) is 0 Å². The summed E-state index contributed by atoms with van der Waals surface area (Å²) in [6.45, 7) is 2.35. The molecule has 37 heavy (non-hydrogen) atoms. The van der Waals surface area contributed by atoms with E-state index in [1.807, 2.05) is 0 Å². The van der Waals surface area contributed by atoms with Gasteiger partial charge in [-0.2, -0.15) is 18.3 Å². The van der Waals surface area contributed by atoms with Crippen molar-refractivity contribution >= 4 is 37.5 Å². The number of halogens is 3. The summed E-state index contributed by atoms with van der Waals surface area (Å²) >= 11 is 0. The Labute approximate surface area is 211 Å². The molecule has 206 valence electrons. The van der Waals surface area contributed by atoms with Crippen molar-refractivity contribution in [2.45, 2.75) is 43.5 Å². The smallest absolute Gasteiger partial charge is 0.427 e. The van der Waals surface area contributed by atoms with Crippen molar-refractivity contribution in [2.24, 2.45) is 7.05 Å². The number of hydrogen-bond donors (Lipinski definition) is 2. The van der Waals surface area contributed by atoms with Crippen LogP contribution in [0.4, 0.5) is 29.3 Å². The minimum Gasteiger partial charge on any atom is -0.485 e. The third-order valence-electron chi connectivity index (χ3n) is 5.50. The van der Waals surface area contributed by atoms with Crippen LogP contribution in [0.5, 0.6) is 5.75 Å². The molecule has 1 aromatic carbocycles. The molecule has 0 aliphatic carbocycles. The highest BCUT2D eigenvalue weighted by Gasteiger charge is 2.51. The molecule has 0 spiro atoms. The fourth-order valence-corrected chi connectivity index (χ4v) is 5.43. The predicted molar refractivity (Wildman–Crippen MR) is 126 cm³/mol. The van der Waals surface area contributed by atoms with Crippen LogP contribution in [0.3, 0.4) is 0 Å². The average molecular weight is 570 g/mol. The zero-order chi connectivity index (χ0) is 28.0. The predicted octanol–water partition coefficient (Wildman–Crippen LogP) is 2.12. The number of rotatable bonds is 7. The second-order valence-corrected chi connectivity index (χ2v) is 12.5. The van der Waals surface area contributed by atoms with Gasteiger partial charge in [0.25, 0.3) is 10.0 Å². The molecule has 17 heteroatoms.